The summed E-state index contributed by atoms with van der Waals surface area (Å²) >= 11 is 7.24. The first-order valence-corrected chi connectivity index (χ1v) is 9.41. The smallest absolute Gasteiger partial charge is 0.233 e. The molecule has 0 aliphatic rings. The monoisotopic (exact) mass is 407 g/mol. The van der Waals surface area contributed by atoms with Gasteiger partial charge >= 0.3 is 0 Å². The quantitative estimate of drug-likeness (QED) is 0.599. The SMILES string of the molecule is CN(Cc1c(F)cccc1Cl)C(=O)CSc1ncc(-c2ccc(F)cc2)[nH]1. The van der Waals surface area contributed by atoms with Gasteiger partial charge in [-0.05, 0) is 42.0 Å². The molecule has 0 bridgehead atoms. The molecule has 1 N–H and O–H groups in total. The van der Waals surface area contributed by atoms with Crippen LogP contribution in [-0.2, 0) is 11.3 Å². The summed E-state index contributed by atoms with van der Waals surface area (Å²) in [4.78, 5) is 21.0. The largest absolute Gasteiger partial charge is 0.341 e. The van der Waals surface area contributed by atoms with Crippen molar-refractivity contribution in [2.75, 3.05) is 12.8 Å². The molecule has 27 heavy (non-hydrogen) atoms. The topological polar surface area (TPSA) is 49.0 Å². The van der Waals surface area contributed by atoms with Crippen molar-refractivity contribution in [2.24, 2.45) is 0 Å². The molecule has 0 saturated carbocycles. The Bertz CT molecular complexity index is 926. The van der Waals surface area contributed by atoms with Gasteiger partial charge < -0.3 is 9.88 Å². The van der Waals surface area contributed by atoms with Gasteiger partial charge in [-0.3, -0.25) is 4.79 Å². The second kappa shape index (κ2) is 8.54. The van der Waals surface area contributed by atoms with Crippen LogP contribution in [0.3, 0.4) is 0 Å². The average molecular weight is 408 g/mol. The highest BCUT2D eigenvalue weighted by Crippen LogP contribution is 2.23. The molecule has 2 aromatic carbocycles. The first-order chi connectivity index (χ1) is 12.9. The fraction of sp³-hybridized carbons (Fsp3) is 0.158. The Kier molecular flexibility index (Phi) is 6.13. The molecule has 0 aliphatic carbocycles. The van der Waals surface area contributed by atoms with E-state index in [4.69, 9.17) is 11.6 Å². The number of aromatic nitrogens is 2. The van der Waals surface area contributed by atoms with E-state index in [-0.39, 0.29) is 34.6 Å². The maximum Gasteiger partial charge on any atom is 0.233 e. The predicted octanol–water partition coefficient (Wildman–Crippen LogP) is 4.76. The van der Waals surface area contributed by atoms with E-state index in [0.717, 1.165) is 11.3 Å². The summed E-state index contributed by atoms with van der Waals surface area (Å²) in [5.74, 6) is -0.792. The van der Waals surface area contributed by atoms with Gasteiger partial charge in [0.05, 0.1) is 17.6 Å². The molecule has 0 fully saturated rings. The van der Waals surface area contributed by atoms with Gasteiger partial charge in [-0.15, -0.1) is 0 Å². The molecule has 1 aromatic heterocycles. The van der Waals surface area contributed by atoms with Gasteiger partial charge in [0.1, 0.15) is 11.6 Å². The summed E-state index contributed by atoms with van der Waals surface area (Å²) in [5.41, 5.74) is 1.82. The third-order valence-corrected chi connectivity index (χ3v) is 5.15. The Balaban J connectivity index is 1.58. The molecule has 0 unspecified atom stereocenters. The van der Waals surface area contributed by atoms with Crippen molar-refractivity contribution in [3.63, 3.8) is 0 Å². The number of carbonyl (C=O) groups excluding carboxylic acids is 1. The lowest BCUT2D eigenvalue weighted by Crippen LogP contribution is -2.28. The lowest BCUT2D eigenvalue weighted by Gasteiger charge is -2.18. The number of aromatic amines is 1. The van der Waals surface area contributed by atoms with Crippen molar-refractivity contribution >= 4 is 29.3 Å². The van der Waals surface area contributed by atoms with Crippen molar-refractivity contribution in [1.82, 2.24) is 14.9 Å². The van der Waals surface area contributed by atoms with Crippen LogP contribution in [0, 0.1) is 11.6 Å². The highest BCUT2D eigenvalue weighted by Gasteiger charge is 2.15. The third kappa shape index (κ3) is 4.87. The zero-order chi connectivity index (χ0) is 19.4. The molecule has 1 heterocycles. The molecule has 140 valence electrons. The molecule has 0 aliphatic heterocycles. The molecule has 0 spiro atoms. The Labute approximate surface area is 164 Å². The predicted molar refractivity (Wildman–Crippen MR) is 103 cm³/mol. The molecule has 1 amide bonds. The van der Waals surface area contributed by atoms with Crippen LogP contribution in [0.15, 0.2) is 53.8 Å². The minimum atomic E-state index is -0.440. The Morgan fingerprint density at radius 2 is 1.96 bits per heavy atom. The number of rotatable bonds is 6. The molecule has 3 rings (SSSR count). The molecule has 0 atom stereocenters. The van der Waals surface area contributed by atoms with Crippen LogP contribution in [0.1, 0.15) is 5.56 Å². The second-order valence-corrected chi connectivity index (χ2v) is 7.22. The van der Waals surface area contributed by atoms with Gasteiger partial charge in [-0.1, -0.05) is 29.4 Å². The van der Waals surface area contributed by atoms with Crippen molar-refractivity contribution in [3.8, 4) is 11.3 Å². The van der Waals surface area contributed by atoms with E-state index in [0.29, 0.717) is 5.16 Å². The second-order valence-electron chi connectivity index (χ2n) is 5.85. The number of hydrogen-bond donors (Lipinski definition) is 1. The number of carbonyl (C=O) groups is 1. The first-order valence-electron chi connectivity index (χ1n) is 8.04. The Morgan fingerprint density at radius 1 is 1.22 bits per heavy atom. The van der Waals surface area contributed by atoms with Crippen molar-refractivity contribution < 1.29 is 13.6 Å². The number of H-pyrrole nitrogens is 1. The van der Waals surface area contributed by atoms with E-state index in [2.05, 4.69) is 9.97 Å². The van der Waals surface area contributed by atoms with Gasteiger partial charge in [-0.25, -0.2) is 13.8 Å². The van der Waals surface area contributed by atoms with E-state index in [1.165, 1.54) is 40.9 Å². The lowest BCUT2D eigenvalue weighted by atomic mass is 10.2. The van der Waals surface area contributed by atoms with E-state index in [1.807, 2.05) is 0 Å². The molecular weight excluding hydrogens is 392 g/mol. The third-order valence-electron chi connectivity index (χ3n) is 3.92. The van der Waals surface area contributed by atoms with Crippen LogP contribution in [0.2, 0.25) is 5.02 Å². The minimum absolute atomic E-state index is 0.0872. The number of imidazole rings is 1. The maximum atomic E-state index is 13.8. The van der Waals surface area contributed by atoms with Gasteiger partial charge in [-0.2, -0.15) is 0 Å². The number of halogens is 3. The number of thioether (sulfide) groups is 1. The summed E-state index contributed by atoms with van der Waals surface area (Å²) < 4.78 is 26.8. The maximum absolute atomic E-state index is 13.8. The zero-order valence-corrected chi connectivity index (χ0v) is 16.0. The lowest BCUT2D eigenvalue weighted by molar-refractivity contribution is -0.127. The molecule has 4 nitrogen and oxygen atoms in total. The van der Waals surface area contributed by atoms with Crippen LogP contribution in [0.5, 0.6) is 0 Å². The molecule has 3 aromatic rings. The van der Waals surface area contributed by atoms with E-state index in [1.54, 1.807) is 31.4 Å². The highest BCUT2D eigenvalue weighted by molar-refractivity contribution is 7.99. The van der Waals surface area contributed by atoms with Crippen LogP contribution in [0.25, 0.3) is 11.3 Å². The van der Waals surface area contributed by atoms with Crippen LogP contribution < -0.4 is 0 Å². The van der Waals surface area contributed by atoms with Crippen molar-refractivity contribution in [1.29, 1.82) is 0 Å². The first kappa shape index (κ1) is 19.4. The Hall–Kier alpha value is -2.38. The molecule has 8 heteroatoms. The molecule has 0 radical (unpaired) electrons. The average Bonchev–Trinajstić information content (AvgIpc) is 3.12. The summed E-state index contributed by atoms with van der Waals surface area (Å²) in [5, 5.41) is 0.859. The van der Waals surface area contributed by atoms with Gasteiger partial charge in [0.25, 0.3) is 0 Å². The summed E-state index contributed by atoms with van der Waals surface area (Å²) in [7, 11) is 1.59. The molecule has 0 saturated heterocycles. The summed E-state index contributed by atoms with van der Waals surface area (Å²) in [6, 6.07) is 10.5. The fourth-order valence-corrected chi connectivity index (χ4v) is 3.41. The van der Waals surface area contributed by atoms with E-state index in [9.17, 15) is 13.6 Å². The molecular formula is C19H16ClF2N3OS. The summed E-state index contributed by atoms with van der Waals surface area (Å²) in [6.45, 7) is 0.0872. The fourth-order valence-electron chi connectivity index (χ4n) is 2.40. The van der Waals surface area contributed by atoms with E-state index < -0.39 is 5.82 Å². The standard InChI is InChI=1S/C19H16ClF2N3OS/c1-25(10-14-15(20)3-2-4-16(14)22)18(26)11-27-19-23-9-17(24-19)12-5-7-13(21)8-6-12/h2-9H,10-11H2,1H3,(H,23,24). The number of amides is 1. The number of hydrogen-bond acceptors (Lipinski definition) is 3. The van der Waals surface area contributed by atoms with Crippen molar-refractivity contribution in [2.45, 2.75) is 11.7 Å². The minimum Gasteiger partial charge on any atom is -0.341 e. The van der Waals surface area contributed by atoms with E-state index >= 15 is 0 Å². The zero-order valence-electron chi connectivity index (χ0n) is 14.4. The van der Waals surface area contributed by atoms with Gasteiger partial charge in [0.15, 0.2) is 5.16 Å². The van der Waals surface area contributed by atoms with Gasteiger partial charge in [0, 0.05) is 24.2 Å². The summed E-state index contributed by atoms with van der Waals surface area (Å²) in [6.07, 6.45) is 1.63. The normalized spacial score (nSPS) is 10.8. The number of nitrogens with zero attached hydrogens (tertiary/aromatic N) is 2. The van der Waals surface area contributed by atoms with Gasteiger partial charge in [0.2, 0.25) is 5.91 Å². The highest BCUT2D eigenvalue weighted by atomic mass is 35.5. The Morgan fingerprint density at radius 3 is 2.67 bits per heavy atom. The van der Waals surface area contributed by atoms with Crippen LogP contribution in [0.4, 0.5) is 8.78 Å². The van der Waals surface area contributed by atoms with Crippen LogP contribution >= 0.6 is 23.4 Å². The number of nitrogens with one attached hydrogen (secondary N) is 1. The van der Waals surface area contributed by atoms with Crippen molar-refractivity contribution in [3.05, 3.63) is 70.9 Å². The van der Waals surface area contributed by atoms with Crippen LogP contribution in [-0.4, -0.2) is 33.6 Å². The number of benzene rings is 2.